The Morgan fingerprint density at radius 1 is 0.762 bits per heavy atom. The Morgan fingerprint density at radius 3 is 2.13 bits per heavy atom. The Bertz CT molecular complexity index is 1920. The summed E-state index contributed by atoms with van der Waals surface area (Å²) in [5.41, 5.74) is 3.54. The summed E-state index contributed by atoms with van der Waals surface area (Å²) < 4.78 is 11.3. The predicted molar refractivity (Wildman–Crippen MR) is 242 cm³/mol. The smallest absolute Gasteiger partial charge is 0.320 e. The van der Waals surface area contributed by atoms with Crippen LogP contribution < -0.4 is 31.3 Å². The minimum absolute atomic E-state index is 0.0303. The fourth-order valence-corrected chi connectivity index (χ4v) is 8.32. The van der Waals surface area contributed by atoms with Crippen molar-refractivity contribution in [2.45, 2.75) is 135 Å². The van der Waals surface area contributed by atoms with Crippen LogP contribution in [0.15, 0.2) is 78.9 Å². The Hall–Kier alpha value is -5.27. The van der Waals surface area contributed by atoms with E-state index in [1.165, 1.54) is 0 Å². The Morgan fingerprint density at radius 2 is 1.44 bits per heavy atom. The second-order valence-corrected chi connectivity index (χ2v) is 18.2. The van der Waals surface area contributed by atoms with Gasteiger partial charge in [-0.05, 0) is 53.4 Å². The van der Waals surface area contributed by atoms with Gasteiger partial charge in [0, 0.05) is 37.4 Å². The van der Waals surface area contributed by atoms with Crippen LogP contribution in [0.1, 0.15) is 114 Å². The zero-order valence-corrected chi connectivity index (χ0v) is 37.5. The van der Waals surface area contributed by atoms with Crippen molar-refractivity contribution in [3.63, 3.8) is 0 Å². The molecule has 1 aliphatic heterocycles. The Balaban J connectivity index is 1.22. The molecule has 0 saturated heterocycles. The lowest BCUT2D eigenvalue weighted by Gasteiger charge is -2.32. The summed E-state index contributed by atoms with van der Waals surface area (Å²) in [5.74, 6) is -0.893. The standard InChI is InChI=1S/C50H69N5O8/c1-33(2)22-42(49(60)54-41(24-35-14-8-5-9-15-35)44(56)27-46(57)52-28-34(3)4)55-50(61)43(25-36-16-10-6-11-17-36)53-47(58)26-39-32-62-45-21-20-38(23-40(39)45)29-51-30-48(59)63-31-37-18-12-7-13-19-37/h6-7,10-13,16-21,23,33-35,39,41-44,51,56H,5,8-9,14-15,22,24-32H2,1-4H3,(H,52,57)(H,53,58)(H,54,60)(H,55,61)/t39?,41-,42-,43-,44-/m0/s1. The second kappa shape index (κ2) is 25.1. The first-order valence-electron chi connectivity index (χ1n) is 22.9. The lowest BCUT2D eigenvalue weighted by atomic mass is 9.83. The summed E-state index contributed by atoms with van der Waals surface area (Å²) in [6.07, 6.45) is 5.21. The van der Waals surface area contributed by atoms with Crippen LogP contribution in [0, 0.1) is 17.8 Å². The van der Waals surface area contributed by atoms with Gasteiger partial charge in [0.05, 0.1) is 31.7 Å². The number of aliphatic hydroxyl groups excluding tert-OH is 1. The van der Waals surface area contributed by atoms with E-state index in [9.17, 15) is 29.1 Å². The molecule has 1 fully saturated rings. The van der Waals surface area contributed by atoms with Crippen molar-refractivity contribution in [2.24, 2.45) is 17.8 Å². The molecule has 1 aliphatic carbocycles. The lowest BCUT2D eigenvalue weighted by molar-refractivity contribution is -0.143. The zero-order chi connectivity index (χ0) is 45.1. The monoisotopic (exact) mass is 868 g/mol. The number of hydrogen-bond acceptors (Lipinski definition) is 9. The number of fused-ring (bicyclic) bond motifs is 1. The number of amides is 4. The van der Waals surface area contributed by atoms with Crippen molar-refractivity contribution in [1.82, 2.24) is 26.6 Å². The van der Waals surface area contributed by atoms with Crippen molar-refractivity contribution >= 4 is 29.6 Å². The van der Waals surface area contributed by atoms with Crippen LogP contribution >= 0.6 is 0 Å². The van der Waals surface area contributed by atoms with E-state index in [2.05, 4.69) is 26.6 Å². The third-order valence-electron chi connectivity index (χ3n) is 11.7. The van der Waals surface area contributed by atoms with Gasteiger partial charge in [-0.25, -0.2) is 0 Å². The van der Waals surface area contributed by atoms with Gasteiger partial charge >= 0.3 is 5.97 Å². The van der Waals surface area contributed by atoms with Crippen molar-refractivity contribution in [1.29, 1.82) is 0 Å². The van der Waals surface area contributed by atoms with Gasteiger partial charge < -0.3 is 41.2 Å². The molecule has 0 aromatic heterocycles. The molecule has 0 radical (unpaired) electrons. The Labute approximate surface area is 373 Å². The molecule has 6 N–H and O–H groups in total. The van der Waals surface area contributed by atoms with Crippen molar-refractivity contribution in [3.8, 4) is 5.75 Å². The summed E-state index contributed by atoms with van der Waals surface area (Å²) in [4.78, 5) is 67.4. The minimum atomic E-state index is -1.10. The number of benzene rings is 3. The van der Waals surface area contributed by atoms with E-state index in [1.807, 2.05) is 107 Å². The molecule has 13 heteroatoms. The van der Waals surface area contributed by atoms with Gasteiger partial charge in [0.15, 0.2) is 0 Å². The molecule has 5 atom stereocenters. The first-order chi connectivity index (χ1) is 30.3. The Kier molecular flexibility index (Phi) is 19.5. The summed E-state index contributed by atoms with van der Waals surface area (Å²) >= 11 is 0. The molecule has 342 valence electrons. The van der Waals surface area contributed by atoms with Crippen LogP contribution in [-0.2, 0) is 48.3 Å². The highest BCUT2D eigenvalue weighted by Crippen LogP contribution is 2.36. The average molecular weight is 868 g/mol. The molecular weight excluding hydrogens is 799 g/mol. The van der Waals surface area contributed by atoms with Crippen LogP contribution in [-0.4, -0.2) is 78.6 Å². The zero-order valence-electron chi connectivity index (χ0n) is 37.5. The van der Waals surface area contributed by atoms with Gasteiger partial charge in [-0.2, -0.15) is 0 Å². The molecule has 0 spiro atoms. The van der Waals surface area contributed by atoms with E-state index in [0.717, 1.165) is 54.4 Å². The van der Waals surface area contributed by atoms with E-state index in [-0.39, 0.29) is 68.0 Å². The molecule has 3 aromatic carbocycles. The van der Waals surface area contributed by atoms with Gasteiger partial charge in [-0.1, -0.05) is 133 Å². The molecule has 5 rings (SSSR count). The molecule has 1 saturated carbocycles. The van der Waals surface area contributed by atoms with Gasteiger partial charge in [0.2, 0.25) is 23.6 Å². The minimum Gasteiger partial charge on any atom is -0.493 e. The fraction of sp³-hybridized carbons (Fsp3) is 0.540. The van der Waals surface area contributed by atoms with Crippen molar-refractivity contribution < 1.29 is 38.6 Å². The van der Waals surface area contributed by atoms with E-state index < -0.39 is 36.0 Å². The van der Waals surface area contributed by atoms with Gasteiger partial charge in [0.25, 0.3) is 0 Å². The summed E-state index contributed by atoms with van der Waals surface area (Å²) in [5, 5.41) is 26.4. The molecule has 3 aromatic rings. The molecule has 13 nitrogen and oxygen atoms in total. The van der Waals surface area contributed by atoms with E-state index in [4.69, 9.17) is 9.47 Å². The molecular formula is C50H69N5O8. The van der Waals surface area contributed by atoms with Gasteiger partial charge in [-0.15, -0.1) is 0 Å². The largest absolute Gasteiger partial charge is 0.493 e. The highest BCUT2D eigenvalue weighted by Gasteiger charge is 2.34. The van der Waals surface area contributed by atoms with Crippen molar-refractivity contribution in [2.75, 3.05) is 19.7 Å². The third-order valence-corrected chi connectivity index (χ3v) is 11.7. The maximum absolute atomic E-state index is 14.3. The van der Waals surface area contributed by atoms with E-state index >= 15 is 0 Å². The molecule has 1 unspecified atom stereocenters. The summed E-state index contributed by atoms with van der Waals surface area (Å²) in [6.45, 7) is 9.37. The third kappa shape index (κ3) is 16.7. The first-order valence-corrected chi connectivity index (χ1v) is 22.9. The highest BCUT2D eigenvalue weighted by atomic mass is 16.5. The molecule has 1 heterocycles. The quantitative estimate of drug-likeness (QED) is 0.0623. The number of hydrogen-bond donors (Lipinski definition) is 6. The van der Waals surface area contributed by atoms with Crippen LogP contribution in [0.3, 0.4) is 0 Å². The highest BCUT2D eigenvalue weighted by molar-refractivity contribution is 5.92. The number of aliphatic hydroxyl groups is 1. The van der Waals surface area contributed by atoms with Crippen LogP contribution in [0.2, 0.25) is 0 Å². The topological polar surface area (TPSA) is 184 Å². The summed E-state index contributed by atoms with van der Waals surface area (Å²) in [6, 6.07) is 22.0. The van der Waals surface area contributed by atoms with Gasteiger partial charge in [-0.3, -0.25) is 24.0 Å². The van der Waals surface area contributed by atoms with Crippen LogP contribution in [0.5, 0.6) is 5.75 Å². The van der Waals surface area contributed by atoms with Crippen LogP contribution in [0.4, 0.5) is 0 Å². The van der Waals surface area contributed by atoms with E-state index in [0.29, 0.717) is 44.2 Å². The number of carbonyl (C=O) groups is 5. The second-order valence-electron chi connectivity index (χ2n) is 18.2. The molecule has 0 bridgehead atoms. The maximum Gasteiger partial charge on any atom is 0.320 e. The number of carbonyl (C=O) groups excluding carboxylic acids is 5. The average Bonchev–Trinajstić information content (AvgIpc) is 3.66. The van der Waals surface area contributed by atoms with E-state index in [1.54, 1.807) is 0 Å². The number of nitrogens with one attached hydrogen (secondary N) is 5. The van der Waals surface area contributed by atoms with Crippen molar-refractivity contribution in [3.05, 3.63) is 101 Å². The normalized spacial score (nSPS) is 16.8. The van der Waals surface area contributed by atoms with Gasteiger partial charge in [0.1, 0.15) is 24.4 Å². The number of esters is 1. The molecule has 4 amide bonds. The molecule has 2 aliphatic rings. The predicted octanol–water partition coefficient (Wildman–Crippen LogP) is 5.62. The number of ether oxygens (including phenoxy) is 2. The SMILES string of the molecule is CC(C)CNC(=O)C[C@H](O)[C@H](CC1CCCCC1)NC(=O)[C@H](CC(C)C)NC(=O)[C@H](Cc1ccccc1)NC(=O)CC1COc2ccc(CNCC(=O)OCc3ccccc3)cc21. The molecule has 63 heavy (non-hydrogen) atoms. The lowest BCUT2D eigenvalue weighted by Crippen LogP contribution is -2.57. The van der Waals surface area contributed by atoms with Crippen LogP contribution in [0.25, 0.3) is 0 Å². The summed E-state index contributed by atoms with van der Waals surface area (Å²) in [7, 11) is 0. The fourth-order valence-electron chi connectivity index (χ4n) is 8.32. The maximum atomic E-state index is 14.3. The first kappa shape index (κ1) is 48.8. The number of rotatable bonds is 24.